The maximum atomic E-state index is 13.6. The van der Waals surface area contributed by atoms with Gasteiger partial charge in [0.1, 0.15) is 23.9 Å². The van der Waals surface area contributed by atoms with Crippen LogP contribution in [0.5, 0.6) is 0 Å². The standard InChI is InChI=1S/C27H38FN3O4/c1-5-31(6-2)27-25(26(29-35-27)21-9-11-22(28)12-10-21)17-30(14-13-20(3)4)16-23(32)18-33-19-24-8-7-15-34-24/h7-12,15,20,23,32H,5-6,13-14,16-19H2,1-4H3. The number of aromatic nitrogens is 1. The molecule has 0 saturated heterocycles. The minimum Gasteiger partial charge on any atom is -0.467 e. The van der Waals surface area contributed by atoms with Crippen molar-refractivity contribution in [1.82, 2.24) is 10.1 Å². The average Bonchev–Trinajstić information content (AvgIpc) is 3.50. The zero-order chi connectivity index (χ0) is 25.2. The van der Waals surface area contributed by atoms with Gasteiger partial charge in [-0.1, -0.05) is 19.0 Å². The Labute approximate surface area is 207 Å². The summed E-state index contributed by atoms with van der Waals surface area (Å²) in [5.41, 5.74) is 2.44. The Morgan fingerprint density at radius 1 is 1.11 bits per heavy atom. The van der Waals surface area contributed by atoms with E-state index in [0.717, 1.165) is 42.9 Å². The van der Waals surface area contributed by atoms with E-state index in [1.54, 1.807) is 18.4 Å². The highest BCUT2D eigenvalue weighted by molar-refractivity contribution is 5.68. The molecule has 0 fully saturated rings. The van der Waals surface area contributed by atoms with Crippen LogP contribution in [0.25, 0.3) is 11.3 Å². The molecule has 0 spiro atoms. The van der Waals surface area contributed by atoms with Crippen LogP contribution in [0.4, 0.5) is 10.3 Å². The zero-order valence-corrected chi connectivity index (χ0v) is 21.2. The summed E-state index contributed by atoms with van der Waals surface area (Å²) in [4.78, 5) is 4.34. The molecule has 1 atom stereocenters. The van der Waals surface area contributed by atoms with Gasteiger partial charge in [-0.05, 0) is 69.1 Å². The first-order valence-electron chi connectivity index (χ1n) is 12.4. The molecule has 3 aromatic rings. The first-order valence-corrected chi connectivity index (χ1v) is 12.4. The van der Waals surface area contributed by atoms with Crippen molar-refractivity contribution < 1.29 is 23.2 Å². The van der Waals surface area contributed by atoms with Gasteiger partial charge in [0.25, 0.3) is 0 Å². The summed E-state index contributed by atoms with van der Waals surface area (Å²) in [6.45, 7) is 12.4. The lowest BCUT2D eigenvalue weighted by atomic mass is 10.1. The molecule has 8 heteroatoms. The van der Waals surface area contributed by atoms with E-state index >= 15 is 0 Å². The van der Waals surface area contributed by atoms with Crippen LogP contribution in [-0.2, 0) is 17.9 Å². The smallest absolute Gasteiger partial charge is 0.232 e. The van der Waals surface area contributed by atoms with Crippen molar-refractivity contribution in [3.8, 4) is 11.3 Å². The van der Waals surface area contributed by atoms with E-state index in [0.29, 0.717) is 37.2 Å². The molecule has 35 heavy (non-hydrogen) atoms. The second-order valence-corrected chi connectivity index (χ2v) is 9.16. The van der Waals surface area contributed by atoms with Crippen molar-refractivity contribution >= 4 is 5.88 Å². The van der Waals surface area contributed by atoms with Crippen LogP contribution >= 0.6 is 0 Å². The van der Waals surface area contributed by atoms with Crippen molar-refractivity contribution in [2.45, 2.75) is 53.4 Å². The predicted molar refractivity (Wildman–Crippen MR) is 135 cm³/mol. The van der Waals surface area contributed by atoms with Gasteiger partial charge in [0.2, 0.25) is 5.88 Å². The number of aliphatic hydroxyl groups is 1. The highest BCUT2D eigenvalue weighted by Crippen LogP contribution is 2.33. The summed E-state index contributed by atoms with van der Waals surface area (Å²) in [7, 11) is 0. The highest BCUT2D eigenvalue weighted by Gasteiger charge is 2.24. The first-order chi connectivity index (χ1) is 16.9. The highest BCUT2D eigenvalue weighted by atomic mass is 19.1. The lowest BCUT2D eigenvalue weighted by Gasteiger charge is -2.27. The van der Waals surface area contributed by atoms with Crippen LogP contribution < -0.4 is 4.90 Å². The van der Waals surface area contributed by atoms with Crippen LogP contribution in [0, 0.1) is 11.7 Å². The van der Waals surface area contributed by atoms with E-state index in [1.807, 2.05) is 12.1 Å². The van der Waals surface area contributed by atoms with Crippen molar-refractivity contribution in [2.75, 3.05) is 37.7 Å². The number of furan rings is 1. The van der Waals surface area contributed by atoms with Crippen LogP contribution in [-0.4, -0.2) is 54.1 Å². The monoisotopic (exact) mass is 487 g/mol. The number of ether oxygens (including phenoxy) is 1. The fourth-order valence-corrected chi connectivity index (χ4v) is 3.98. The van der Waals surface area contributed by atoms with Gasteiger partial charge in [0.15, 0.2) is 0 Å². The Balaban J connectivity index is 1.79. The topological polar surface area (TPSA) is 75.1 Å². The van der Waals surface area contributed by atoms with Gasteiger partial charge < -0.3 is 23.7 Å². The van der Waals surface area contributed by atoms with Gasteiger partial charge >= 0.3 is 0 Å². The quantitative estimate of drug-likeness (QED) is 0.310. The Kier molecular flexibility index (Phi) is 10.3. The molecular weight excluding hydrogens is 449 g/mol. The molecule has 0 aliphatic carbocycles. The fraction of sp³-hybridized carbons (Fsp3) is 0.519. The fourth-order valence-electron chi connectivity index (χ4n) is 3.98. The second kappa shape index (κ2) is 13.4. The number of benzene rings is 1. The Hall–Kier alpha value is -2.68. The Morgan fingerprint density at radius 2 is 1.86 bits per heavy atom. The average molecular weight is 488 g/mol. The number of nitrogens with zero attached hydrogens (tertiary/aromatic N) is 3. The third-order valence-corrected chi connectivity index (χ3v) is 5.94. The third kappa shape index (κ3) is 7.92. The van der Waals surface area contributed by atoms with E-state index in [4.69, 9.17) is 13.7 Å². The van der Waals surface area contributed by atoms with Gasteiger partial charge in [0, 0.05) is 31.7 Å². The number of aliphatic hydroxyl groups excluding tert-OH is 1. The molecule has 7 nitrogen and oxygen atoms in total. The van der Waals surface area contributed by atoms with Crippen LogP contribution in [0.1, 0.15) is 45.4 Å². The molecule has 0 aliphatic heterocycles. The molecule has 0 aliphatic rings. The third-order valence-electron chi connectivity index (χ3n) is 5.94. The van der Waals surface area contributed by atoms with Gasteiger partial charge in [0.05, 0.1) is 24.5 Å². The largest absolute Gasteiger partial charge is 0.467 e. The Bertz CT molecular complexity index is 985. The first kappa shape index (κ1) is 26.9. The van der Waals surface area contributed by atoms with E-state index < -0.39 is 6.10 Å². The lowest BCUT2D eigenvalue weighted by molar-refractivity contribution is 0.00327. The molecule has 0 radical (unpaired) electrons. The molecule has 2 heterocycles. The van der Waals surface area contributed by atoms with Crippen LogP contribution in [0.3, 0.4) is 0 Å². The predicted octanol–water partition coefficient (Wildman–Crippen LogP) is 5.35. The van der Waals surface area contributed by atoms with Gasteiger partial charge in [-0.25, -0.2) is 4.39 Å². The van der Waals surface area contributed by atoms with E-state index in [2.05, 4.69) is 42.7 Å². The molecule has 0 amide bonds. The molecule has 0 bridgehead atoms. The van der Waals surface area contributed by atoms with Gasteiger partial charge in [-0.2, -0.15) is 0 Å². The number of hydrogen-bond donors (Lipinski definition) is 1. The van der Waals surface area contributed by atoms with E-state index in [-0.39, 0.29) is 12.4 Å². The van der Waals surface area contributed by atoms with Gasteiger partial charge in [-0.15, -0.1) is 0 Å². The number of anilines is 1. The molecular formula is C27H38FN3O4. The summed E-state index contributed by atoms with van der Waals surface area (Å²) < 4.78 is 30.3. The number of hydrogen-bond acceptors (Lipinski definition) is 7. The summed E-state index contributed by atoms with van der Waals surface area (Å²) in [5, 5.41) is 15.1. The van der Waals surface area contributed by atoms with Crippen molar-refractivity contribution in [3.63, 3.8) is 0 Å². The number of halogens is 1. The summed E-state index contributed by atoms with van der Waals surface area (Å²) in [5.74, 6) is 1.67. The maximum absolute atomic E-state index is 13.6. The van der Waals surface area contributed by atoms with Crippen molar-refractivity contribution in [3.05, 3.63) is 59.8 Å². The lowest BCUT2D eigenvalue weighted by Crippen LogP contribution is -2.36. The Morgan fingerprint density at radius 3 is 2.49 bits per heavy atom. The minimum absolute atomic E-state index is 0.205. The molecule has 1 aromatic carbocycles. The second-order valence-electron chi connectivity index (χ2n) is 9.16. The minimum atomic E-state index is -0.664. The summed E-state index contributed by atoms with van der Waals surface area (Å²) in [6.07, 6.45) is 1.93. The molecule has 0 saturated carbocycles. The van der Waals surface area contributed by atoms with Crippen LogP contribution in [0.15, 0.2) is 51.6 Å². The zero-order valence-electron chi connectivity index (χ0n) is 21.2. The molecule has 1 unspecified atom stereocenters. The summed E-state index contributed by atoms with van der Waals surface area (Å²) in [6, 6.07) is 9.97. The molecule has 3 rings (SSSR count). The van der Waals surface area contributed by atoms with Crippen LogP contribution in [0.2, 0.25) is 0 Å². The SMILES string of the molecule is CCN(CC)c1onc(-c2ccc(F)cc2)c1CN(CCC(C)C)CC(O)COCc1ccco1. The maximum Gasteiger partial charge on any atom is 0.232 e. The van der Waals surface area contributed by atoms with Crippen molar-refractivity contribution in [1.29, 1.82) is 0 Å². The van der Waals surface area contributed by atoms with Gasteiger partial charge in [-0.3, -0.25) is 4.90 Å². The van der Waals surface area contributed by atoms with E-state index in [9.17, 15) is 9.50 Å². The normalized spacial score (nSPS) is 12.6. The molecule has 192 valence electrons. The molecule has 1 N–H and O–H groups in total. The number of rotatable bonds is 15. The molecule has 2 aromatic heterocycles. The van der Waals surface area contributed by atoms with Crippen molar-refractivity contribution in [2.24, 2.45) is 5.92 Å². The summed E-state index contributed by atoms with van der Waals surface area (Å²) >= 11 is 0. The van der Waals surface area contributed by atoms with E-state index in [1.165, 1.54) is 12.1 Å².